The predicted molar refractivity (Wildman–Crippen MR) is 118 cm³/mol. The maximum atomic E-state index is 12.8. The molecule has 0 saturated carbocycles. The fraction of sp³-hybridized carbons (Fsp3) is 0.455. The van der Waals surface area contributed by atoms with Gasteiger partial charge < -0.3 is 20.0 Å². The molecule has 8 heteroatoms. The summed E-state index contributed by atoms with van der Waals surface area (Å²) in [6, 6.07) is 6.30. The van der Waals surface area contributed by atoms with Crippen LogP contribution in [0.25, 0.3) is 0 Å². The van der Waals surface area contributed by atoms with Gasteiger partial charge in [0, 0.05) is 38.6 Å². The summed E-state index contributed by atoms with van der Waals surface area (Å²) in [5.41, 5.74) is 3.85. The highest BCUT2D eigenvalue weighted by Crippen LogP contribution is 2.32. The number of anilines is 3. The molecule has 30 heavy (non-hydrogen) atoms. The number of benzene rings is 1. The topological polar surface area (TPSA) is 83.0 Å². The number of amides is 1. The molecule has 1 saturated heterocycles. The van der Waals surface area contributed by atoms with E-state index in [1.54, 1.807) is 18.6 Å². The van der Waals surface area contributed by atoms with Crippen LogP contribution in [0.4, 0.5) is 17.2 Å². The minimum Gasteiger partial charge on any atom is -0.395 e. The first-order valence-corrected chi connectivity index (χ1v) is 10.4. The summed E-state index contributed by atoms with van der Waals surface area (Å²) in [5.74, 6) is 0.895. The number of oxime groups is 1. The fourth-order valence-corrected chi connectivity index (χ4v) is 3.79. The third-order valence-corrected chi connectivity index (χ3v) is 5.71. The molecule has 1 atom stereocenters. The Morgan fingerprint density at radius 2 is 1.93 bits per heavy atom. The summed E-state index contributed by atoms with van der Waals surface area (Å²) < 4.78 is 0. The number of nitrogens with zero attached hydrogens (tertiary/aromatic N) is 5. The number of rotatable bonds is 5. The van der Waals surface area contributed by atoms with Gasteiger partial charge in [-0.15, -0.1) is 0 Å². The van der Waals surface area contributed by atoms with E-state index in [2.05, 4.69) is 56.2 Å². The van der Waals surface area contributed by atoms with Crippen molar-refractivity contribution in [2.75, 3.05) is 47.9 Å². The van der Waals surface area contributed by atoms with Crippen LogP contribution in [0, 0.1) is 5.92 Å². The number of aromatic nitrogens is 2. The Bertz CT molecular complexity index is 922. The van der Waals surface area contributed by atoms with Crippen molar-refractivity contribution in [3.63, 3.8) is 0 Å². The van der Waals surface area contributed by atoms with E-state index in [4.69, 9.17) is 4.84 Å². The Morgan fingerprint density at radius 3 is 2.57 bits per heavy atom. The smallest absolute Gasteiger partial charge is 0.236 e. The summed E-state index contributed by atoms with van der Waals surface area (Å²) >= 11 is 0. The van der Waals surface area contributed by atoms with Crippen LogP contribution in [0.15, 0.2) is 41.9 Å². The molecule has 2 aliphatic heterocycles. The lowest BCUT2D eigenvalue weighted by atomic mass is 10.0. The zero-order valence-electron chi connectivity index (χ0n) is 17.7. The Labute approximate surface area is 176 Å². The summed E-state index contributed by atoms with van der Waals surface area (Å²) in [5, 5.41) is 7.01. The molecule has 158 valence electrons. The van der Waals surface area contributed by atoms with Gasteiger partial charge in [0.1, 0.15) is 18.3 Å². The second-order valence-electron chi connectivity index (χ2n) is 8.04. The van der Waals surface area contributed by atoms with Gasteiger partial charge in [0.25, 0.3) is 0 Å². The molecule has 0 radical (unpaired) electrons. The van der Waals surface area contributed by atoms with Gasteiger partial charge in [0.2, 0.25) is 5.91 Å². The van der Waals surface area contributed by atoms with Gasteiger partial charge >= 0.3 is 0 Å². The van der Waals surface area contributed by atoms with Crippen molar-refractivity contribution >= 4 is 28.8 Å². The molecule has 0 aliphatic carbocycles. The third kappa shape index (κ3) is 4.22. The predicted octanol–water partition coefficient (Wildman–Crippen LogP) is 2.89. The Balaban J connectivity index is 1.53. The molecule has 1 aromatic carbocycles. The van der Waals surface area contributed by atoms with Gasteiger partial charge in [0.05, 0.1) is 23.3 Å². The van der Waals surface area contributed by atoms with Crippen molar-refractivity contribution in [1.29, 1.82) is 0 Å². The molecule has 1 N–H and O–H groups in total. The molecular formula is C22H28N6O2. The lowest BCUT2D eigenvalue weighted by Crippen LogP contribution is -2.47. The van der Waals surface area contributed by atoms with E-state index in [1.807, 2.05) is 13.0 Å². The molecular weight excluding hydrogens is 380 g/mol. The maximum absolute atomic E-state index is 12.8. The van der Waals surface area contributed by atoms with Crippen molar-refractivity contribution in [1.82, 2.24) is 9.97 Å². The molecule has 1 aromatic heterocycles. The highest BCUT2D eigenvalue weighted by Gasteiger charge is 2.29. The number of hydrogen-bond donors (Lipinski definition) is 1. The third-order valence-electron chi connectivity index (χ3n) is 5.71. The molecule has 1 unspecified atom stereocenters. The second-order valence-corrected chi connectivity index (χ2v) is 8.04. The van der Waals surface area contributed by atoms with E-state index >= 15 is 0 Å². The second kappa shape index (κ2) is 8.69. The average Bonchev–Trinajstić information content (AvgIpc) is 3.20. The normalized spacial score (nSPS) is 18.9. The van der Waals surface area contributed by atoms with Gasteiger partial charge in [-0.2, -0.15) is 0 Å². The Hall–Kier alpha value is -3.16. The van der Waals surface area contributed by atoms with E-state index in [-0.39, 0.29) is 11.8 Å². The Morgan fingerprint density at radius 1 is 1.17 bits per heavy atom. The first-order chi connectivity index (χ1) is 14.5. The molecule has 3 heterocycles. The fourth-order valence-electron chi connectivity index (χ4n) is 3.79. The molecule has 8 nitrogen and oxygen atoms in total. The first-order valence-electron chi connectivity index (χ1n) is 10.4. The monoisotopic (exact) mass is 408 g/mol. The van der Waals surface area contributed by atoms with Gasteiger partial charge in [0.15, 0.2) is 0 Å². The maximum Gasteiger partial charge on any atom is 0.236 e. The van der Waals surface area contributed by atoms with Gasteiger partial charge in [-0.1, -0.05) is 25.1 Å². The standard InChI is InChI=1S/C22H28N6O2/c1-15(2)17-4-5-19(25-22(29)18-14-30-26-16(18)3)20(12-17)27-8-10-28(11-9-27)21-13-23-6-7-24-21/h4-7,12-13,15,18H,8-11,14H2,1-3H3,(H,25,29). The van der Waals surface area contributed by atoms with Crippen molar-refractivity contribution < 1.29 is 9.63 Å². The van der Waals surface area contributed by atoms with Crippen LogP contribution < -0.4 is 15.1 Å². The van der Waals surface area contributed by atoms with Crippen LogP contribution in [0.5, 0.6) is 0 Å². The summed E-state index contributed by atoms with van der Waals surface area (Å²) in [4.78, 5) is 31.0. The number of carbonyl (C=O) groups excluding carboxylic acids is 1. The lowest BCUT2D eigenvalue weighted by molar-refractivity contribution is -0.118. The van der Waals surface area contributed by atoms with Gasteiger partial charge in [-0.05, 0) is 30.5 Å². The minimum absolute atomic E-state index is 0.0782. The summed E-state index contributed by atoms with van der Waals surface area (Å²) in [6.07, 6.45) is 5.21. The number of nitrogens with one attached hydrogen (secondary N) is 1. The highest BCUT2D eigenvalue weighted by molar-refractivity contribution is 6.10. The molecule has 2 aromatic rings. The van der Waals surface area contributed by atoms with Crippen LogP contribution in [0.1, 0.15) is 32.3 Å². The summed E-state index contributed by atoms with van der Waals surface area (Å²) in [7, 11) is 0. The molecule has 1 fully saturated rings. The lowest BCUT2D eigenvalue weighted by Gasteiger charge is -2.37. The van der Waals surface area contributed by atoms with E-state index in [1.165, 1.54) is 5.56 Å². The molecule has 0 spiro atoms. The minimum atomic E-state index is -0.337. The molecule has 1 amide bonds. The van der Waals surface area contributed by atoms with Crippen LogP contribution in [0.2, 0.25) is 0 Å². The SMILES string of the molecule is CC1=NOCC1C(=O)Nc1ccc(C(C)C)cc1N1CCN(c2cnccn2)CC1. The Kier molecular flexibility index (Phi) is 5.83. The van der Waals surface area contributed by atoms with E-state index < -0.39 is 0 Å². The highest BCUT2D eigenvalue weighted by atomic mass is 16.6. The van der Waals surface area contributed by atoms with Crippen LogP contribution in [-0.2, 0) is 9.63 Å². The van der Waals surface area contributed by atoms with Crippen molar-refractivity contribution in [3.05, 3.63) is 42.4 Å². The zero-order valence-corrected chi connectivity index (χ0v) is 17.7. The van der Waals surface area contributed by atoms with Crippen LogP contribution in [-0.4, -0.2) is 54.4 Å². The van der Waals surface area contributed by atoms with Crippen LogP contribution >= 0.6 is 0 Å². The molecule has 0 bridgehead atoms. The quantitative estimate of drug-likeness (QED) is 0.819. The van der Waals surface area contributed by atoms with E-state index in [0.717, 1.165) is 43.4 Å². The first kappa shape index (κ1) is 20.1. The number of piperazine rings is 1. The molecule has 4 rings (SSSR count). The van der Waals surface area contributed by atoms with E-state index in [0.29, 0.717) is 18.2 Å². The van der Waals surface area contributed by atoms with Gasteiger partial charge in [-0.25, -0.2) is 4.98 Å². The molecule has 2 aliphatic rings. The van der Waals surface area contributed by atoms with Crippen molar-refractivity contribution in [3.8, 4) is 0 Å². The van der Waals surface area contributed by atoms with Crippen molar-refractivity contribution in [2.24, 2.45) is 11.1 Å². The summed E-state index contributed by atoms with van der Waals surface area (Å²) in [6.45, 7) is 9.86. The van der Waals surface area contributed by atoms with E-state index in [9.17, 15) is 4.79 Å². The zero-order chi connectivity index (χ0) is 21.1. The van der Waals surface area contributed by atoms with Crippen LogP contribution in [0.3, 0.4) is 0 Å². The van der Waals surface area contributed by atoms with Gasteiger partial charge in [-0.3, -0.25) is 9.78 Å². The number of hydrogen-bond acceptors (Lipinski definition) is 7. The average molecular weight is 409 g/mol. The number of carbonyl (C=O) groups is 1. The largest absolute Gasteiger partial charge is 0.395 e. The van der Waals surface area contributed by atoms with Crippen molar-refractivity contribution in [2.45, 2.75) is 26.7 Å².